The number of carboxylic acids is 2. The Labute approximate surface area is 111 Å². The molecule has 0 fully saturated rings. The fourth-order valence-corrected chi connectivity index (χ4v) is 1.48. The van der Waals surface area contributed by atoms with Gasteiger partial charge in [-0.3, -0.25) is 0 Å². The number of ether oxygens (including phenoxy) is 1. The van der Waals surface area contributed by atoms with Crippen molar-refractivity contribution in [3.63, 3.8) is 0 Å². The summed E-state index contributed by atoms with van der Waals surface area (Å²) in [4.78, 5) is 21.3. The van der Waals surface area contributed by atoms with E-state index in [2.05, 4.69) is 0 Å². The van der Waals surface area contributed by atoms with Crippen molar-refractivity contribution in [1.29, 1.82) is 0 Å². The summed E-state index contributed by atoms with van der Waals surface area (Å²) in [5.41, 5.74) is 0.706. The third kappa shape index (κ3) is 5.25. The molecular formula is C14H16O5. The molecule has 1 aromatic carbocycles. The molecule has 5 nitrogen and oxygen atoms in total. The predicted molar refractivity (Wildman–Crippen MR) is 70.1 cm³/mol. The van der Waals surface area contributed by atoms with Crippen molar-refractivity contribution in [3.05, 3.63) is 35.9 Å². The molecule has 1 unspecified atom stereocenters. The molecule has 5 heteroatoms. The van der Waals surface area contributed by atoms with E-state index < -0.39 is 18.0 Å². The van der Waals surface area contributed by atoms with E-state index in [4.69, 9.17) is 14.9 Å². The van der Waals surface area contributed by atoms with Gasteiger partial charge in [-0.25, -0.2) is 9.59 Å². The van der Waals surface area contributed by atoms with Gasteiger partial charge < -0.3 is 14.9 Å². The van der Waals surface area contributed by atoms with E-state index in [1.807, 2.05) is 6.92 Å². The summed E-state index contributed by atoms with van der Waals surface area (Å²) in [6.45, 7) is 1.89. The van der Waals surface area contributed by atoms with Gasteiger partial charge >= 0.3 is 11.9 Å². The van der Waals surface area contributed by atoms with Crippen LogP contribution < -0.4 is 4.74 Å². The van der Waals surface area contributed by atoms with Gasteiger partial charge in [0, 0.05) is 6.08 Å². The zero-order valence-electron chi connectivity index (χ0n) is 10.6. The lowest BCUT2D eigenvalue weighted by atomic mass is 10.2. The number of carboxylic acid groups (broad SMARTS) is 2. The van der Waals surface area contributed by atoms with E-state index in [1.54, 1.807) is 24.3 Å². The second kappa shape index (κ2) is 7.20. The molecule has 2 N–H and O–H groups in total. The number of rotatable bonds is 7. The van der Waals surface area contributed by atoms with Crippen LogP contribution >= 0.6 is 0 Å². The van der Waals surface area contributed by atoms with Crippen molar-refractivity contribution >= 4 is 18.0 Å². The van der Waals surface area contributed by atoms with Crippen molar-refractivity contribution in [2.24, 2.45) is 0 Å². The van der Waals surface area contributed by atoms with Gasteiger partial charge in [0.05, 0.1) is 0 Å². The Morgan fingerprint density at radius 1 is 1.26 bits per heavy atom. The Balaban J connectivity index is 2.70. The Morgan fingerprint density at radius 3 is 2.37 bits per heavy atom. The maximum atomic E-state index is 10.9. The van der Waals surface area contributed by atoms with Crippen LogP contribution in [0.3, 0.4) is 0 Å². The first-order valence-corrected chi connectivity index (χ1v) is 5.93. The Bertz CT molecular complexity index is 461. The summed E-state index contributed by atoms with van der Waals surface area (Å²) in [5.74, 6) is -1.56. The third-order valence-corrected chi connectivity index (χ3v) is 2.40. The molecule has 0 spiro atoms. The number of carbonyl (C=O) groups is 2. The zero-order chi connectivity index (χ0) is 14.3. The smallest absolute Gasteiger partial charge is 0.344 e. The van der Waals surface area contributed by atoms with Gasteiger partial charge in [0.25, 0.3) is 0 Å². The third-order valence-electron chi connectivity index (χ3n) is 2.40. The van der Waals surface area contributed by atoms with Gasteiger partial charge in [-0.05, 0) is 30.2 Å². The number of benzene rings is 1. The largest absolute Gasteiger partial charge is 0.479 e. The van der Waals surface area contributed by atoms with Crippen LogP contribution in [0.4, 0.5) is 0 Å². The predicted octanol–water partition coefficient (Wildman–Crippen LogP) is 2.42. The van der Waals surface area contributed by atoms with E-state index in [9.17, 15) is 9.59 Å². The molecule has 0 amide bonds. The van der Waals surface area contributed by atoms with E-state index >= 15 is 0 Å². The summed E-state index contributed by atoms with van der Waals surface area (Å²) in [6, 6.07) is 6.57. The molecule has 0 aliphatic rings. The highest BCUT2D eigenvalue weighted by molar-refractivity contribution is 5.85. The molecule has 1 rings (SSSR count). The van der Waals surface area contributed by atoms with E-state index in [0.29, 0.717) is 17.7 Å². The molecule has 0 aliphatic heterocycles. The molecule has 0 saturated carbocycles. The van der Waals surface area contributed by atoms with Crippen LogP contribution in [0, 0.1) is 0 Å². The van der Waals surface area contributed by atoms with Crippen LogP contribution in [0.15, 0.2) is 30.3 Å². The number of hydrogen-bond donors (Lipinski definition) is 2. The van der Waals surface area contributed by atoms with Crippen LogP contribution in [0.2, 0.25) is 0 Å². The van der Waals surface area contributed by atoms with Gasteiger partial charge in [-0.2, -0.15) is 0 Å². The molecule has 0 bridgehead atoms. The summed E-state index contributed by atoms with van der Waals surface area (Å²) < 4.78 is 5.36. The Hall–Kier alpha value is -2.30. The molecule has 0 radical (unpaired) electrons. The number of hydrogen-bond acceptors (Lipinski definition) is 3. The first-order valence-electron chi connectivity index (χ1n) is 5.93. The van der Waals surface area contributed by atoms with E-state index in [-0.39, 0.29) is 0 Å². The van der Waals surface area contributed by atoms with E-state index in [0.717, 1.165) is 12.5 Å². The average Bonchev–Trinajstić information content (AvgIpc) is 2.37. The second-order valence-corrected chi connectivity index (χ2v) is 3.97. The molecule has 0 heterocycles. The highest BCUT2D eigenvalue weighted by Crippen LogP contribution is 2.16. The first-order chi connectivity index (χ1) is 9.02. The van der Waals surface area contributed by atoms with Crippen molar-refractivity contribution in [1.82, 2.24) is 0 Å². The normalized spacial score (nSPS) is 12.3. The monoisotopic (exact) mass is 264 g/mol. The van der Waals surface area contributed by atoms with Crippen LogP contribution in [0.25, 0.3) is 6.08 Å². The molecule has 0 saturated heterocycles. The SMILES string of the molecule is CCCC(Oc1ccc(/C=C/C(=O)O)cc1)C(=O)O. The van der Waals surface area contributed by atoms with Gasteiger partial charge in [0.2, 0.25) is 0 Å². The van der Waals surface area contributed by atoms with Crippen LogP contribution in [0.5, 0.6) is 5.75 Å². The van der Waals surface area contributed by atoms with Crippen LogP contribution in [0.1, 0.15) is 25.3 Å². The molecule has 0 aliphatic carbocycles. The fraction of sp³-hybridized carbons (Fsp3) is 0.286. The minimum atomic E-state index is -1.02. The van der Waals surface area contributed by atoms with Crippen LogP contribution in [-0.4, -0.2) is 28.3 Å². The summed E-state index contributed by atoms with van der Waals surface area (Å²) in [6.07, 6.45) is 2.79. The summed E-state index contributed by atoms with van der Waals surface area (Å²) >= 11 is 0. The van der Waals surface area contributed by atoms with Crippen molar-refractivity contribution < 1.29 is 24.5 Å². The molecule has 102 valence electrons. The quantitative estimate of drug-likeness (QED) is 0.739. The molecule has 1 atom stereocenters. The molecule has 0 aromatic heterocycles. The molecule has 1 aromatic rings. The maximum Gasteiger partial charge on any atom is 0.344 e. The van der Waals surface area contributed by atoms with Gasteiger partial charge in [0.15, 0.2) is 6.10 Å². The summed E-state index contributed by atoms with van der Waals surface area (Å²) in [5, 5.41) is 17.5. The standard InChI is InChI=1S/C14H16O5/c1-2-3-12(14(17)18)19-11-7-4-10(5-8-11)6-9-13(15)16/h4-9,12H,2-3H2,1H3,(H,15,16)(H,17,18)/b9-6+. The van der Waals surface area contributed by atoms with Crippen molar-refractivity contribution in [3.8, 4) is 5.75 Å². The Morgan fingerprint density at radius 2 is 1.89 bits per heavy atom. The lowest BCUT2D eigenvalue weighted by Crippen LogP contribution is -2.26. The van der Waals surface area contributed by atoms with Crippen molar-refractivity contribution in [2.75, 3.05) is 0 Å². The lowest BCUT2D eigenvalue weighted by molar-refractivity contribution is -0.145. The molecule has 19 heavy (non-hydrogen) atoms. The lowest BCUT2D eigenvalue weighted by Gasteiger charge is -2.14. The zero-order valence-corrected chi connectivity index (χ0v) is 10.6. The minimum Gasteiger partial charge on any atom is -0.479 e. The highest BCUT2D eigenvalue weighted by Gasteiger charge is 2.17. The molecular weight excluding hydrogens is 248 g/mol. The first kappa shape index (κ1) is 14.8. The average molecular weight is 264 g/mol. The maximum absolute atomic E-state index is 10.9. The van der Waals surface area contributed by atoms with E-state index in [1.165, 1.54) is 6.08 Å². The van der Waals surface area contributed by atoms with Crippen LogP contribution in [-0.2, 0) is 9.59 Å². The fourth-order valence-electron chi connectivity index (χ4n) is 1.48. The van der Waals surface area contributed by atoms with Gasteiger partial charge in [-0.1, -0.05) is 25.5 Å². The van der Waals surface area contributed by atoms with Gasteiger partial charge in [-0.15, -0.1) is 0 Å². The Kier molecular flexibility index (Phi) is 5.60. The van der Waals surface area contributed by atoms with Gasteiger partial charge in [0.1, 0.15) is 5.75 Å². The minimum absolute atomic E-state index is 0.440. The summed E-state index contributed by atoms with van der Waals surface area (Å²) in [7, 11) is 0. The highest BCUT2D eigenvalue weighted by atomic mass is 16.5. The van der Waals surface area contributed by atoms with Crippen molar-refractivity contribution in [2.45, 2.75) is 25.9 Å². The second-order valence-electron chi connectivity index (χ2n) is 3.97. The number of aliphatic carboxylic acids is 2. The topological polar surface area (TPSA) is 83.8 Å².